The lowest BCUT2D eigenvalue weighted by molar-refractivity contribution is -0.121. The first-order valence-electron chi connectivity index (χ1n) is 9.08. The number of guanidine groups is 1. The second kappa shape index (κ2) is 10.6. The van der Waals surface area contributed by atoms with Crippen LogP contribution in [0.3, 0.4) is 0 Å². The normalized spacial score (nSPS) is 15.0. The van der Waals surface area contributed by atoms with Crippen molar-refractivity contribution in [3.63, 3.8) is 0 Å². The highest BCUT2D eigenvalue weighted by atomic mass is 16.5. The van der Waals surface area contributed by atoms with Gasteiger partial charge < -0.3 is 20.7 Å². The van der Waals surface area contributed by atoms with Gasteiger partial charge in [0.1, 0.15) is 5.75 Å². The molecular weight excluding hydrogens is 316 g/mol. The average Bonchev–Trinajstić information content (AvgIpc) is 3.14. The van der Waals surface area contributed by atoms with Gasteiger partial charge in [0.05, 0.1) is 7.11 Å². The second-order valence-corrected chi connectivity index (χ2v) is 6.32. The molecular formula is C19H30N4O2. The molecule has 1 aromatic rings. The molecule has 0 aromatic heterocycles. The summed E-state index contributed by atoms with van der Waals surface area (Å²) in [6, 6.07) is 8.43. The van der Waals surface area contributed by atoms with Crippen LogP contribution in [0.1, 0.15) is 37.7 Å². The van der Waals surface area contributed by atoms with E-state index in [1.54, 1.807) is 14.2 Å². The van der Waals surface area contributed by atoms with Gasteiger partial charge in [0.2, 0.25) is 5.91 Å². The van der Waals surface area contributed by atoms with Crippen molar-refractivity contribution >= 4 is 11.9 Å². The number of amides is 1. The Morgan fingerprint density at radius 1 is 1.16 bits per heavy atom. The van der Waals surface area contributed by atoms with Gasteiger partial charge in [-0.2, -0.15) is 0 Å². The molecule has 0 spiro atoms. The van der Waals surface area contributed by atoms with E-state index in [-0.39, 0.29) is 5.91 Å². The summed E-state index contributed by atoms with van der Waals surface area (Å²) in [4.78, 5) is 16.1. The summed E-state index contributed by atoms with van der Waals surface area (Å²) in [7, 11) is 3.40. The molecule has 0 heterocycles. The van der Waals surface area contributed by atoms with Crippen LogP contribution < -0.4 is 20.7 Å². The summed E-state index contributed by atoms with van der Waals surface area (Å²) >= 11 is 0. The molecule has 138 valence electrons. The van der Waals surface area contributed by atoms with Crippen LogP contribution in [0.4, 0.5) is 0 Å². The van der Waals surface area contributed by atoms with Crippen molar-refractivity contribution in [3.8, 4) is 5.75 Å². The fourth-order valence-corrected chi connectivity index (χ4v) is 3.00. The highest BCUT2D eigenvalue weighted by Crippen LogP contribution is 2.17. The summed E-state index contributed by atoms with van der Waals surface area (Å²) in [6.07, 6.45) is 6.06. The number of rotatable bonds is 8. The van der Waals surface area contributed by atoms with Crippen LogP contribution >= 0.6 is 0 Å². The third-order valence-electron chi connectivity index (χ3n) is 4.45. The number of methoxy groups -OCH3 is 1. The number of nitrogens with zero attached hydrogens (tertiary/aromatic N) is 1. The molecule has 3 N–H and O–H groups in total. The van der Waals surface area contributed by atoms with Crippen molar-refractivity contribution in [3.05, 3.63) is 29.8 Å². The van der Waals surface area contributed by atoms with Crippen LogP contribution in [0.2, 0.25) is 0 Å². The molecule has 6 heteroatoms. The largest absolute Gasteiger partial charge is 0.497 e. The van der Waals surface area contributed by atoms with Crippen molar-refractivity contribution in [2.75, 3.05) is 27.2 Å². The van der Waals surface area contributed by atoms with Crippen LogP contribution in [0, 0.1) is 0 Å². The number of ether oxygens (including phenoxy) is 1. The lowest BCUT2D eigenvalue weighted by Crippen LogP contribution is -2.41. The molecule has 1 aromatic carbocycles. The zero-order valence-corrected chi connectivity index (χ0v) is 15.3. The molecule has 0 atom stereocenters. The highest BCUT2D eigenvalue weighted by Gasteiger charge is 2.16. The Morgan fingerprint density at radius 3 is 2.48 bits per heavy atom. The van der Waals surface area contributed by atoms with Crippen LogP contribution in [0.15, 0.2) is 29.3 Å². The first-order chi connectivity index (χ1) is 12.2. The quantitative estimate of drug-likeness (QED) is 0.496. The lowest BCUT2D eigenvalue weighted by Gasteiger charge is -2.14. The molecule has 1 aliphatic rings. The zero-order valence-electron chi connectivity index (χ0n) is 15.3. The number of aliphatic imine (C=N–C) groups is 1. The number of carbonyl (C=O) groups is 1. The van der Waals surface area contributed by atoms with Crippen LogP contribution in [0.25, 0.3) is 0 Å². The summed E-state index contributed by atoms with van der Waals surface area (Å²) < 4.78 is 5.16. The van der Waals surface area contributed by atoms with Gasteiger partial charge in [0.15, 0.2) is 5.96 Å². The van der Waals surface area contributed by atoms with Gasteiger partial charge >= 0.3 is 0 Å². The van der Waals surface area contributed by atoms with Gasteiger partial charge in [-0.25, -0.2) is 0 Å². The van der Waals surface area contributed by atoms with Gasteiger partial charge in [0.25, 0.3) is 0 Å². The molecule has 1 fully saturated rings. The summed E-state index contributed by atoms with van der Waals surface area (Å²) in [6.45, 7) is 1.36. The highest BCUT2D eigenvalue weighted by molar-refractivity contribution is 5.81. The maximum absolute atomic E-state index is 11.9. The molecule has 0 bridgehead atoms. The van der Waals surface area contributed by atoms with E-state index >= 15 is 0 Å². The van der Waals surface area contributed by atoms with Gasteiger partial charge in [-0.15, -0.1) is 0 Å². The van der Waals surface area contributed by atoms with Gasteiger partial charge in [-0.05, 0) is 37.0 Å². The van der Waals surface area contributed by atoms with Gasteiger partial charge in [-0.1, -0.05) is 25.0 Å². The number of hydrogen-bond donors (Lipinski definition) is 3. The number of hydrogen-bond acceptors (Lipinski definition) is 3. The van der Waals surface area contributed by atoms with Gasteiger partial charge in [0, 0.05) is 32.6 Å². The predicted octanol–water partition coefficient (Wildman–Crippen LogP) is 1.85. The monoisotopic (exact) mass is 346 g/mol. The van der Waals surface area contributed by atoms with Crippen LogP contribution in [-0.2, 0) is 11.2 Å². The number of carbonyl (C=O) groups excluding carboxylic acids is 1. The Bertz CT molecular complexity index is 551. The molecule has 0 unspecified atom stereocenters. The van der Waals surface area contributed by atoms with Crippen molar-refractivity contribution < 1.29 is 9.53 Å². The Morgan fingerprint density at radius 2 is 1.84 bits per heavy atom. The fraction of sp³-hybridized carbons (Fsp3) is 0.579. The van der Waals surface area contributed by atoms with Gasteiger partial charge in [-0.3, -0.25) is 9.79 Å². The Hall–Kier alpha value is -2.24. The molecule has 1 saturated carbocycles. The molecule has 1 aliphatic carbocycles. The van der Waals surface area contributed by atoms with E-state index < -0.39 is 0 Å². The summed E-state index contributed by atoms with van der Waals surface area (Å²) in [5.74, 6) is 1.71. The Labute approximate surface area is 150 Å². The van der Waals surface area contributed by atoms with E-state index in [0.717, 1.165) is 37.5 Å². The van der Waals surface area contributed by atoms with Crippen molar-refractivity contribution in [1.82, 2.24) is 16.0 Å². The van der Waals surface area contributed by atoms with E-state index in [9.17, 15) is 4.79 Å². The van der Waals surface area contributed by atoms with E-state index in [2.05, 4.69) is 33.1 Å². The number of nitrogens with one attached hydrogen (secondary N) is 3. The molecule has 0 aliphatic heterocycles. The standard InChI is InChI=1S/C19H30N4O2/c1-20-19(21-13-11-15-7-9-17(25-2)10-8-15)22-14-12-18(24)23-16-5-3-4-6-16/h7-10,16H,3-6,11-14H2,1-2H3,(H,23,24)(H2,20,21,22). The van der Waals surface area contributed by atoms with E-state index in [4.69, 9.17) is 4.74 Å². The molecule has 25 heavy (non-hydrogen) atoms. The third kappa shape index (κ3) is 7.03. The summed E-state index contributed by atoms with van der Waals surface area (Å²) in [5.41, 5.74) is 1.24. The average molecular weight is 346 g/mol. The van der Waals surface area contributed by atoms with Crippen molar-refractivity contribution in [2.45, 2.75) is 44.6 Å². The molecule has 0 saturated heterocycles. The first-order valence-corrected chi connectivity index (χ1v) is 9.08. The molecule has 6 nitrogen and oxygen atoms in total. The maximum Gasteiger partial charge on any atom is 0.221 e. The molecule has 1 amide bonds. The summed E-state index contributed by atoms with van der Waals surface area (Å²) in [5, 5.41) is 9.55. The van der Waals surface area contributed by atoms with Crippen molar-refractivity contribution in [1.29, 1.82) is 0 Å². The van der Waals surface area contributed by atoms with E-state index in [1.165, 1.54) is 18.4 Å². The molecule has 2 rings (SSSR count). The predicted molar refractivity (Wildman–Crippen MR) is 101 cm³/mol. The lowest BCUT2D eigenvalue weighted by atomic mass is 10.1. The first kappa shape index (κ1) is 19.1. The third-order valence-corrected chi connectivity index (χ3v) is 4.45. The van der Waals surface area contributed by atoms with Crippen molar-refractivity contribution in [2.24, 2.45) is 4.99 Å². The Balaban J connectivity index is 1.60. The van der Waals surface area contributed by atoms with Crippen LogP contribution in [-0.4, -0.2) is 45.2 Å². The zero-order chi connectivity index (χ0) is 17.9. The maximum atomic E-state index is 11.9. The number of benzene rings is 1. The van der Waals surface area contributed by atoms with Crippen LogP contribution in [0.5, 0.6) is 5.75 Å². The minimum Gasteiger partial charge on any atom is -0.497 e. The Kier molecular flexibility index (Phi) is 8.09. The second-order valence-electron chi connectivity index (χ2n) is 6.32. The smallest absolute Gasteiger partial charge is 0.221 e. The minimum absolute atomic E-state index is 0.119. The van der Waals surface area contributed by atoms with E-state index in [1.807, 2.05) is 12.1 Å². The molecule has 0 radical (unpaired) electrons. The minimum atomic E-state index is 0.119. The topological polar surface area (TPSA) is 74.8 Å². The SMILES string of the molecule is CN=C(NCCC(=O)NC1CCCC1)NCCc1ccc(OC)cc1. The fourth-order valence-electron chi connectivity index (χ4n) is 3.00. The van der Waals surface area contributed by atoms with E-state index in [0.29, 0.717) is 19.0 Å².